The second-order valence-electron chi connectivity index (χ2n) is 5.79. The Labute approximate surface area is 112 Å². The number of nitrogens with zero attached hydrogens (tertiary/aromatic N) is 3. The summed E-state index contributed by atoms with van der Waals surface area (Å²) in [6, 6.07) is 4.12. The van der Waals surface area contributed by atoms with E-state index in [-0.39, 0.29) is 0 Å². The zero-order chi connectivity index (χ0) is 13.7. The second-order valence-corrected chi connectivity index (χ2v) is 5.79. The molecule has 0 aliphatic carbocycles. The summed E-state index contributed by atoms with van der Waals surface area (Å²) >= 11 is 0. The van der Waals surface area contributed by atoms with Crippen molar-refractivity contribution in [2.24, 2.45) is 7.05 Å². The standard InChI is InChI=1S/C15H20N4/c1-8(2)14-16-10-6-7-11-13(12(10)18-14)19(5)15(17-11)9(3)4/h6-9H,1-5H3,(H,16,18). The van der Waals surface area contributed by atoms with E-state index in [2.05, 4.69) is 61.4 Å². The molecule has 2 heterocycles. The lowest BCUT2D eigenvalue weighted by Crippen LogP contribution is -1.99. The fraction of sp³-hybridized carbons (Fsp3) is 0.467. The molecule has 0 fully saturated rings. The van der Waals surface area contributed by atoms with Gasteiger partial charge in [-0.25, -0.2) is 9.97 Å². The summed E-state index contributed by atoms with van der Waals surface area (Å²) in [5.41, 5.74) is 4.32. The number of aryl methyl sites for hydroxylation is 1. The summed E-state index contributed by atoms with van der Waals surface area (Å²) in [6.45, 7) is 8.64. The van der Waals surface area contributed by atoms with Crippen LogP contribution in [0.25, 0.3) is 22.1 Å². The van der Waals surface area contributed by atoms with Gasteiger partial charge in [-0.05, 0) is 12.1 Å². The maximum Gasteiger partial charge on any atom is 0.112 e. The summed E-state index contributed by atoms with van der Waals surface area (Å²) in [7, 11) is 2.08. The molecule has 0 saturated heterocycles. The molecule has 100 valence electrons. The molecule has 0 bridgehead atoms. The van der Waals surface area contributed by atoms with Gasteiger partial charge in [0.1, 0.15) is 11.6 Å². The number of nitrogens with one attached hydrogen (secondary N) is 1. The van der Waals surface area contributed by atoms with Crippen molar-refractivity contribution in [2.45, 2.75) is 39.5 Å². The Morgan fingerprint density at radius 2 is 1.68 bits per heavy atom. The molecule has 4 nitrogen and oxygen atoms in total. The zero-order valence-electron chi connectivity index (χ0n) is 12.2. The van der Waals surface area contributed by atoms with Crippen LogP contribution in [0.1, 0.15) is 51.2 Å². The molecule has 0 atom stereocenters. The highest BCUT2D eigenvalue weighted by atomic mass is 15.1. The van der Waals surface area contributed by atoms with Crippen molar-refractivity contribution in [3.63, 3.8) is 0 Å². The summed E-state index contributed by atoms with van der Waals surface area (Å²) in [6.07, 6.45) is 0. The topological polar surface area (TPSA) is 46.5 Å². The van der Waals surface area contributed by atoms with Crippen molar-refractivity contribution in [2.75, 3.05) is 0 Å². The van der Waals surface area contributed by atoms with Crippen molar-refractivity contribution in [1.29, 1.82) is 0 Å². The quantitative estimate of drug-likeness (QED) is 0.760. The molecule has 3 rings (SSSR count). The van der Waals surface area contributed by atoms with Crippen LogP contribution in [-0.2, 0) is 7.05 Å². The predicted molar refractivity (Wildman–Crippen MR) is 78.5 cm³/mol. The van der Waals surface area contributed by atoms with Crippen molar-refractivity contribution in [3.05, 3.63) is 23.8 Å². The third kappa shape index (κ3) is 1.74. The Balaban J connectivity index is 2.38. The smallest absolute Gasteiger partial charge is 0.112 e. The third-order valence-electron chi connectivity index (χ3n) is 3.61. The number of aromatic amines is 1. The summed E-state index contributed by atoms with van der Waals surface area (Å²) < 4.78 is 2.19. The minimum absolute atomic E-state index is 0.403. The first kappa shape index (κ1) is 12.2. The first-order valence-corrected chi connectivity index (χ1v) is 6.84. The van der Waals surface area contributed by atoms with Crippen LogP contribution in [0.5, 0.6) is 0 Å². The van der Waals surface area contributed by atoms with E-state index in [1.54, 1.807) is 0 Å². The van der Waals surface area contributed by atoms with E-state index in [1.165, 1.54) is 0 Å². The Hall–Kier alpha value is -1.84. The lowest BCUT2D eigenvalue weighted by molar-refractivity contribution is 0.723. The molecule has 0 radical (unpaired) electrons. The zero-order valence-corrected chi connectivity index (χ0v) is 12.2. The van der Waals surface area contributed by atoms with Gasteiger partial charge in [0.15, 0.2) is 0 Å². The van der Waals surface area contributed by atoms with E-state index in [9.17, 15) is 0 Å². The predicted octanol–water partition coefficient (Wildman–Crippen LogP) is 3.70. The average molecular weight is 256 g/mol. The van der Waals surface area contributed by atoms with Crippen LogP contribution in [0, 0.1) is 0 Å². The molecule has 0 aliphatic rings. The van der Waals surface area contributed by atoms with Gasteiger partial charge in [-0.1, -0.05) is 27.7 Å². The highest BCUT2D eigenvalue weighted by Gasteiger charge is 2.16. The number of benzene rings is 1. The average Bonchev–Trinajstić information content (AvgIpc) is 2.89. The van der Waals surface area contributed by atoms with Gasteiger partial charge in [-0.2, -0.15) is 0 Å². The van der Waals surface area contributed by atoms with Gasteiger partial charge in [0.2, 0.25) is 0 Å². The van der Waals surface area contributed by atoms with Gasteiger partial charge in [0.05, 0.1) is 22.1 Å². The van der Waals surface area contributed by atoms with E-state index in [1.807, 2.05) is 0 Å². The molecule has 1 aromatic carbocycles. The van der Waals surface area contributed by atoms with Crippen molar-refractivity contribution in [3.8, 4) is 0 Å². The fourth-order valence-electron chi connectivity index (χ4n) is 2.60. The van der Waals surface area contributed by atoms with E-state index in [4.69, 9.17) is 4.98 Å². The number of aromatic nitrogens is 4. The van der Waals surface area contributed by atoms with Crippen molar-refractivity contribution < 1.29 is 0 Å². The highest BCUT2D eigenvalue weighted by Crippen LogP contribution is 2.27. The number of fused-ring (bicyclic) bond motifs is 3. The van der Waals surface area contributed by atoms with E-state index in [0.717, 1.165) is 33.7 Å². The van der Waals surface area contributed by atoms with Gasteiger partial charge in [0.25, 0.3) is 0 Å². The SMILES string of the molecule is CC(C)c1nc2ccc3nc(C(C)C)n(C)c3c2[nH]1. The van der Waals surface area contributed by atoms with Crippen molar-refractivity contribution >= 4 is 22.1 Å². The Bertz CT molecular complexity index is 746. The van der Waals surface area contributed by atoms with Crippen LogP contribution in [0.3, 0.4) is 0 Å². The number of rotatable bonds is 2. The number of imidazole rings is 2. The molecule has 2 aromatic heterocycles. The molecule has 0 unspecified atom stereocenters. The number of hydrogen-bond acceptors (Lipinski definition) is 2. The van der Waals surface area contributed by atoms with Crippen LogP contribution in [0.4, 0.5) is 0 Å². The molecular formula is C15H20N4. The molecule has 0 saturated carbocycles. The second kappa shape index (κ2) is 4.08. The third-order valence-corrected chi connectivity index (χ3v) is 3.61. The fourth-order valence-corrected chi connectivity index (χ4v) is 2.60. The normalized spacial score (nSPS) is 12.4. The van der Waals surface area contributed by atoms with Gasteiger partial charge in [0, 0.05) is 18.9 Å². The molecule has 3 aromatic rings. The van der Waals surface area contributed by atoms with E-state index >= 15 is 0 Å². The van der Waals surface area contributed by atoms with E-state index < -0.39 is 0 Å². The minimum Gasteiger partial charge on any atom is -0.340 e. The van der Waals surface area contributed by atoms with Gasteiger partial charge < -0.3 is 9.55 Å². The molecular weight excluding hydrogens is 236 g/mol. The monoisotopic (exact) mass is 256 g/mol. The van der Waals surface area contributed by atoms with Crippen LogP contribution < -0.4 is 0 Å². The van der Waals surface area contributed by atoms with Crippen molar-refractivity contribution in [1.82, 2.24) is 19.5 Å². The highest BCUT2D eigenvalue weighted by molar-refractivity contribution is 6.00. The number of H-pyrrole nitrogens is 1. The molecule has 19 heavy (non-hydrogen) atoms. The van der Waals surface area contributed by atoms with Crippen LogP contribution in [0.15, 0.2) is 12.1 Å². The van der Waals surface area contributed by atoms with Gasteiger partial charge in [-0.15, -0.1) is 0 Å². The lowest BCUT2D eigenvalue weighted by Gasteiger charge is -2.04. The Kier molecular flexibility index (Phi) is 2.62. The summed E-state index contributed by atoms with van der Waals surface area (Å²) in [4.78, 5) is 12.9. The molecule has 0 spiro atoms. The minimum atomic E-state index is 0.403. The number of hydrogen-bond donors (Lipinski definition) is 1. The first-order valence-electron chi connectivity index (χ1n) is 6.84. The summed E-state index contributed by atoms with van der Waals surface area (Å²) in [5.74, 6) is 2.97. The van der Waals surface area contributed by atoms with Crippen LogP contribution >= 0.6 is 0 Å². The maximum absolute atomic E-state index is 4.73. The van der Waals surface area contributed by atoms with E-state index in [0.29, 0.717) is 11.8 Å². The van der Waals surface area contributed by atoms with Gasteiger partial charge in [-0.3, -0.25) is 0 Å². The molecule has 0 amide bonds. The summed E-state index contributed by atoms with van der Waals surface area (Å²) in [5, 5.41) is 0. The maximum atomic E-state index is 4.73. The molecule has 0 aliphatic heterocycles. The van der Waals surface area contributed by atoms with Gasteiger partial charge >= 0.3 is 0 Å². The van der Waals surface area contributed by atoms with Crippen LogP contribution in [-0.4, -0.2) is 19.5 Å². The Morgan fingerprint density at radius 3 is 2.32 bits per heavy atom. The first-order chi connectivity index (χ1) is 8.99. The van der Waals surface area contributed by atoms with Crippen LogP contribution in [0.2, 0.25) is 0 Å². The Morgan fingerprint density at radius 1 is 1.00 bits per heavy atom. The molecule has 4 heteroatoms. The largest absolute Gasteiger partial charge is 0.340 e. The lowest BCUT2D eigenvalue weighted by atomic mass is 10.2. The molecule has 1 N–H and O–H groups in total.